The minimum atomic E-state index is -0.155. The average Bonchev–Trinajstić information content (AvgIpc) is 2.97. The average molecular weight is 337 g/mol. The van der Waals surface area contributed by atoms with Gasteiger partial charge in [0.05, 0.1) is 30.3 Å². The van der Waals surface area contributed by atoms with Gasteiger partial charge in [-0.15, -0.1) is 0 Å². The second kappa shape index (κ2) is 6.97. The van der Waals surface area contributed by atoms with Crippen molar-refractivity contribution >= 4 is 16.9 Å². The van der Waals surface area contributed by atoms with Crippen LogP contribution < -0.4 is 10.1 Å². The first kappa shape index (κ1) is 17.0. The lowest BCUT2D eigenvalue weighted by Gasteiger charge is -2.15. The van der Waals surface area contributed by atoms with E-state index in [-0.39, 0.29) is 11.9 Å². The number of nitrogens with one attached hydrogen (secondary N) is 1. The van der Waals surface area contributed by atoms with E-state index in [0.717, 1.165) is 22.4 Å². The standard InChI is InChI=1S/C20H23N3O2/c1-13(2)23-16-10-6-5-9-15(16)22-18(23)12-21-20(24)19-14(3)8-7-11-17(19)25-4/h5-11,13H,12H2,1-4H3,(H,21,24). The maximum Gasteiger partial charge on any atom is 0.255 e. The van der Waals surface area contributed by atoms with Crippen molar-refractivity contribution in [1.82, 2.24) is 14.9 Å². The molecule has 0 atom stereocenters. The highest BCUT2D eigenvalue weighted by Gasteiger charge is 2.17. The summed E-state index contributed by atoms with van der Waals surface area (Å²) in [4.78, 5) is 17.4. The molecule has 5 nitrogen and oxygen atoms in total. The molecule has 1 amide bonds. The van der Waals surface area contributed by atoms with E-state index in [1.807, 2.05) is 37.3 Å². The van der Waals surface area contributed by atoms with Gasteiger partial charge in [-0.05, 0) is 44.5 Å². The Morgan fingerprint density at radius 3 is 2.68 bits per heavy atom. The predicted octanol–water partition coefficient (Wildman–Crippen LogP) is 3.86. The fourth-order valence-electron chi connectivity index (χ4n) is 3.14. The number of ether oxygens (including phenoxy) is 1. The van der Waals surface area contributed by atoms with E-state index < -0.39 is 0 Å². The van der Waals surface area contributed by atoms with Crippen LogP contribution in [0.3, 0.4) is 0 Å². The number of aromatic nitrogens is 2. The number of imidazole rings is 1. The molecule has 5 heteroatoms. The summed E-state index contributed by atoms with van der Waals surface area (Å²) in [6, 6.07) is 13.9. The van der Waals surface area contributed by atoms with Crippen LogP contribution in [0.5, 0.6) is 5.75 Å². The first-order chi connectivity index (χ1) is 12.0. The molecule has 0 spiro atoms. The molecular formula is C20H23N3O2. The van der Waals surface area contributed by atoms with Gasteiger partial charge in [-0.25, -0.2) is 4.98 Å². The molecule has 0 bridgehead atoms. The Morgan fingerprint density at radius 2 is 1.96 bits per heavy atom. The van der Waals surface area contributed by atoms with Gasteiger partial charge in [0, 0.05) is 6.04 Å². The summed E-state index contributed by atoms with van der Waals surface area (Å²) >= 11 is 0. The van der Waals surface area contributed by atoms with Crippen molar-refractivity contribution in [3.63, 3.8) is 0 Å². The molecule has 1 aromatic heterocycles. The minimum absolute atomic E-state index is 0.155. The first-order valence-electron chi connectivity index (χ1n) is 8.40. The van der Waals surface area contributed by atoms with Gasteiger partial charge in [0.2, 0.25) is 0 Å². The summed E-state index contributed by atoms with van der Waals surface area (Å²) in [6.45, 7) is 6.50. The first-order valence-corrected chi connectivity index (χ1v) is 8.40. The molecule has 1 heterocycles. The van der Waals surface area contributed by atoms with Crippen LogP contribution in [0.2, 0.25) is 0 Å². The molecule has 0 saturated heterocycles. The van der Waals surface area contributed by atoms with Crippen LogP contribution in [0, 0.1) is 6.92 Å². The number of hydrogen-bond acceptors (Lipinski definition) is 3. The van der Waals surface area contributed by atoms with Gasteiger partial charge in [-0.2, -0.15) is 0 Å². The third-order valence-corrected chi connectivity index (χ3v) is 4.27. The molecule has 3 aromatic rings. The van der Waals surface area contributed by atoms with Crippen LogP contribution in [-0.2, 0) is 6.54 Å². The number of amides is 1. The second-order valence-electron chi connectivity index (χ2n) is 6.32. The summed E-state index contributed by atoms with van der Waals surface area (Å²) in [5.74, 6) is 1.27. The van der Waals surface area contributed by atoms with Crippen LogP contribution in [0.1, 0.15) is 41.6 Å². The number of hydrogen-bond donors (Lipinski definition) is 1. The highest BCUT2D eigenvalue weighted by molar-refractivity contribution is 5.98. The monoisotopic (exact) mass is 337 g/mol. The number of rotatable bonds is 5. The number of methoxy groups -OCH3 is 1. The smallest absolute Gasteiger partial charge is 0.255 e. The largest absolute Gasteiger partial charge is 0.496 e. The van der Waals surface area contributed by atoms with Crippen LogP contribution in [0.25, 0.3) is 11.0 Å². The van der Waals surface area contributed by atoms with Gasteiger partial charge >= 0.3 is 0 Å². The van der Waals surface area contributed by atoms with Crippen LogP contribution in [-0.4, -0.2) is 22.6 Å². The third kappa shape index (κ3) is 3.22. The van der Waals surface area contributed by atoms with Crippen molar-refractivity contribution in [2.75, 3.05) is 7.11 Å². The Balaban J connectivity index is 1.88. The fraction of sp³-hybridized carbons (Fsp3) is 0.300. The topological polar surface area (TPSA) is 56.1 Å². The van der Waals surface area contributed by atoms with E-state index in [4.69, 9.17) is 4.74 Å². The molecule has 25 heavy (non-hydrogen) atoms. The molecule has 0 aliphatic rings. The number of nitrogens with zero attached hydrogens (tertiary/aromatic N) is 2. The fourth-order valence-corrected chi connectivity index (χ4v) is 3.14. The summed E-state index contributed by atoms with van der Waals surface area (Å²) < 4.78 is 7.49. The Bertz CT molecular complexity index is 912. The Hall–Kier alpha value is -2.82. The maximum atomic E-state index is 12.7. The van der Waals surface area contributed by atoms with Crippen molar-refractivity contribution in [2.24, 2.45) is 0 Å². The lowest BCUT2D eigenvalue weighted by atomic mass is 10.1. The summed E-state index contributed by atoms with van der Waals surface area (Å²) in [7, 11) is 1.57. The van der Waals surface area contributed by atoms with Crippen molar-refractivity contribution in [2.45, 2.75) is 33.4 Å². The molecule has 130 valence electrons. The number of carbonyl (C=O) groups is 1. The zero-order valence-corrected chi connectivity index (χ0v) is 15.0. The number of fused-ring (bicyclic) bond motifs is 1. The van der Waals surface area contributed by atoms with Crippen LogP contribution in [0.4, 0.5) is 0 Å². The lowest BCUT2D eigenvalue weighted by Crippen LogP contribution is -2.26. The molecule has 3 rings (SSSR count). The molecule has 1 N–H and O–H groups in total. The quantitative estimate of drug-likeness (QED) is 0.769. The van der Waals surface area contributed by atoms with E-state index in [2.05, 4.69) is 34.8 Å². The van der Waals surface area contributed by atoms with Crippen LogP contribution in [0.15, 0.2) is 42.5 Å². The number of para-hydroxylation sites is 2. The Kier molecular flexibility index (Phi) is 4.74. The minimum Gasteiger partial charge on any atom is -0.496 e. The van der Waals surface area contributed by atoms with Gasteiger partial charge in [0.15, 0.2) is 0 Å². The van der Waals surface area contributed by atoms with Crippen molar-refractivity contribution < 1.29 is 9.53 Å². The van der Waals surface area contributed by atoms with E-state index in [9.17, 15) is 4.79 Å². The summed E-state index contributed by atoms with van der Waals surface area (Å²) in [5, 5.41) is 2.98. The number of carbonyl (C=O) groups excluding carboxylic acids is 1. The van der Waals surface area contributed by atoms with E-state index >= 15 is 0 Å². The molecule has 0 fully saturated rings. The second-order valence-corrected chi connectivity index (χ2v) is 6.32. The van der Waals surface area contributed by atoms with Crippen LogP contribution >= 0.6 is 0 Å². The SMILES string of the molecule is COc1cccc(C)c1C(=O)NCc1nc2ccccc2n1C(C)C. The molecule has 0 saturated carbocycles. The zero-order chi connectivity index (χ0) is 18.0. The molecule has 2 aromatic carbocycles. The Labute approximate surface area is 147 Å². The molecule has 0 aliphatic carbocycles. The lowest BCUT2D eigenvalue weighted by molar-refractivity contribution is 0.0945. The van der Waals surface area contributed by atoms with E-state index in [0.29, 0.717) is 17.9 Å². The molecule has 0 unspecified atom stereocenters. The van der Waals surface area contributed by atoms with E-state index in [1.54, 1.807) is 13.2 Å². The maximum absolute atomic E-state index is 12.7. The summed E-state index contributed by atoms with van der Waals surface area (Å²) in [5.41, 5.74) is 3.47. The van der Waals surface area contributed by atoms with Gasteiger partial charge in [-0.3, -0.25) is 4.79 Å². The van der Waals surface area contributed by atoms with Gasteiger partial charge in [0.1, 0.15) is 11.6 Å². The van der Waals surface area contributed by atoms with Crippen molar-refractivity contribution in [3.05, 3.63) is 59.4 Å². The van der Waals surface area contributed by atoms with Crippen molar-refractivity contribution in [3.8, 4) is 5.75 Å². The highest BCUT2D eigenvalue weighted by Crippen LogP contribution is 2.23. The van der Waals surface area contributed by atoms with Gasteiger partial charge in [0.25, 0.3) is 5.91 Å². The number of aryl methyl sites for hydroxylation is 1. The predicted molar refractivity (Wildman–Crippen MR) is 99.0 cm³/mol. The molecule has 0 radical (unpaired) electrons. The highest BCUT2D eigenvalue weighted by atomic mass is 16.5. The summed E-state index contributed by atoms with van der Waals surface area (Å²) in [6.07, 6.45) is 0. The van der Waals surface area contributed by atoms with Crippen molar-refractivity contribution in [1.29, 1.82) is 0 Å². The molecule has 0 aliphatic heterocycles. The normalized spacial score (nSPS) is 11.1. The third-order valence-electron chi connectivity index (χ3n) is 4.27. The van der Waals surface area contributed by atoms with Gasteiger partial charge < -0.3 is 14.6 Å². The van der Waals surface area contributed by atoms with E-state index in [1.165, 1.54) is 0 Å². The zero-order valence-electron chi connectivity index (χ0n) is 15.0. The molecular weight excluding hydrogens is 314 g/mol. The number of benzene rings is 2. The van der Waals surface area contributed by atoms with Gasteiger partial charge in [-0.1, -0.05) is 24.3 Å². The Morgan fingerprint density at radius 1 is 1.20 bits per heavy atom.